The lowest BCUT2D eigenvalue weighted by molar-refractivity contribution is 0.0600. The van der Waals surface area contributed by atoms with Crippen LogP contribution in [0.1, 0.15) is 21.5 Å². The standard InChI is InChI=1S/C20H17N5O3/c1-27-19(26)14-4-2-12(3-5-14)11-28-15-8-6-13(7-9-15)17-16(10-21)18(22)25-20(23)24-17/h2-9H,11H2,1H3,(H4,22,23,24,25). The van der Waals surface area contributed by atoms with E-state index in [1.54, 1.807) is 48.5 Å². The first-order valence-corrected chi connectivity index (χ1v) is 8.25. The van der Waals surface area contributed by atoms with Gasteiger partial charge in [0.25, 0.3) is 0 Å². The number of aromatic nitrogens is 2. The van der Waals surface area contributed by atoms with E-state index in [2.05, 4.69) is 14.7 Å². The third-order valence-corrected chi connectivity index (χ3v) is 3.97. The molecule has 3 aromatic rings. The molecule has 0 saturated carbocycles. The van der Waals surface area contributed by atoms with Crippen LogP contribution in [-0.2, 0) is 11.3 Å². The van der Waals surface area contributed by atoms with Crippen LogP contribution in [0.2, 0.25) is 0 Å². The van der Waals surface area contributed by atoms with Crippen molar-refractivity contribution in [1.82, 2.24) is 9.97 Å². The maximum Gasteiger partial charge on any atom is 0.337 e. The zero-order chi connectivity index (χ0) is 20.1. The third kappa shape index (κ3) is 3.99. The Hall–Kier alpha value is -4.12. The van der Waals surface area contributed by atoms with Crippen LogP contribution in [0.25, 0.3) is 11.3 Å². The minimum absolute atomic E-state index is 0.00206. The second-order valence-electron chi connectivity index (χ2n) is 5.80. The average molecular weight is 375 g/mol. The lowest BCUT2D eigenvalue weighted by Gasteiger charge is -2.09. The molecule has 0 aliphatic heterocycles. The quantitative estimate of drug-likeness (QED) is 0.649. The van der Waals surface area contributed by atoms with E-state index in [0.717, 1.165) is 5.56 Å². The van der Waals surface area contributed by atoms with Crippen LogP contribution in [0.5, 0.6) is 5.75 Å². The summed E-state index contributed by atoms with van der Waals surface area (Å²) in [5.41, 5.74) is 14.0. The number of esters is 1. The van der Waals surface area contributed by atoms with Crippen molar-refractivity contribution >= 4 is 17.7 Å². The van der Waals surface area contributed by atoms with E-state index in [0.29, 0.717) is 29.2 Å². The van der Waals surface area contributed by atoms with Crippen molar-refractivity contribution in [2.45, 2.75) is 6.61 Å². The van der Waals surface area contributed by atoms with Gasteiger partial charge in [-0.3, -0.25) is 0 Å². The molecule has 0 radical (unpaired) electrons. The van der Waals surface area contributed by atoms with E-state index in [-0.39, 0.29) is 23.3 Å². The van der Waals surface area contributed by atoms with Crippen LogP contribution >= 0.6 is 0 Å². The molecule has 8 nitrogen and oxygen atoms in total. The maximum absolute atomic E-state index is 11.4. The number of hydrogen-bond donors (Lipinski definition) is 2. The largest absolute Gasteiger partial charge is 0.489 e. The molecular formula is C20H17N5O3. The molecular weight excluding hydrogens is 358 g/mol. The number of nitrogens with zero attached hydrogens (tertiary/aromatic N) is 3. The monoisotopic (exact) mass is 375 g/mol. The van der Waals surface area contributed by atoms with Crippen molar-refractivity contribution in [3.8, 4) is 23.1 Å². The summed E-state index contributed by atoms with van der Waals surface area (Å²) in [6.07, 6.45) is 0. The molecule has 0 fully saturated rings. The van der Waals surface area contributed by atoms with Gasteiger partial charge in [-0.25, -0.2) is 9.78 Å². The zero-order valence-corrected chi connectivity index (χ0v) is 15.0. The van der Waals surface area contributed by atoms with Crippen molar-refractivity contribution in [2.75, 3.05) is 18.6 Å². The molecule has 8 heteroatoms. The van der Waals surface area contributed by atoms with Crippen molar-refractivity contribution in [3.05, 3.63) is 65.2 Å². The minimum Gasteiger partial charge on any atom is -0.489 e. The fourth-order valence-corrected chi connectivity index (χ4v) is 2.55. The number of nitriles is 1. The normalized spacial score (nSPS) is 10.1. The Bertz CT molecular complexity index is 1040. The fraction of sp³-hybridized carbons (Fsp3) is 0.100. The number of nitrogen functional groups attached to an aromatic ring is 2. The zero-order valence-electron chi connectivity index (χ0n) is 15.0. The van der Waals surface area contributed by atoms with Gasteiger partial charge >= 0.3 is 5.97 Å². The van der Waals surface area contributed by atoms with Gasteiger partial charge in [0.2, 0.25) is 5.95 Å². The topological polar surface area (TPSA) is 137 Å². The highest BCUT2D eigenvalue weighted by atomic mass is 16.5. The number of rotatable bonds is 5. The predicted octanol–water partition coefficient (Wildman–Crippen LogP) is 2.55. The highest BCUT2D eigenvalue weighted by molar-refractivity contribution is 5.89. The highest BCUT2D eigenvalue weighted by Gasteiger charge is 2.13. The van der Waals surface area contributed by atoms with Gasteiger partial charge in [-0.15, -0.1) is 0 Å². The number of hydrogen-bond acceptors (Lipinski definition) is 8. The summed E-state index contributed by atoms with van der Waals surface area (Å²) in [6.45, 7) is 0.331. The number of nitrogens with two attached hydrogens (primary N) is 2. The predicted molar refractivity (Wildman–Crippen MR) is 103 cm³/mol. The summed E-state index contributed by atoms with van der Waals surface area (Å²) >= 11 is 0. The smallest absolute Gasteiger partial charge is 0.337 e. The lowest BCUT2D eigenvalue weighted by atomic mass is 10.1. The van der Waals surface area contributed by atoms with Crippen LogP contribution in [0.4, 0.5) is 11.8 Å². The summed E-state index contributed by atoms with van der Waals surface area (Å²) in [7, 11) is 1.34. The van der Waals surface area contributed by atoms with Gasteiger partial charge in [-0.1, -0.05) is 12.1 Å². The van der Waals surface area contributed by atoms with E-state index < -0.39 is 0 Å². The first-order chi connectivity index (χ1) is 13.5. The van der Waals surface area contributed by atoms with Crippen molar-refractivity contribution in [1.29, 1.82) is 5.26 Å². The van der Waals surface area contributed by atoms with Gasteiger partial charge in [0.1, 0.15) is 29.8 Å². The van der Waals surface area contributed by atoms with Crippen LogP contribution in [0, 0.1) is 11.3 Å². The molecule has 0 saturated heterocycles. The van der Waals surface area contributed by atoms with Gasteiger partial charge in [0, 0.05) is 5.56 Å². The van der Waals surface area contributed by atoms with Crippen molar-refractivity contribution in [2.24, 2.45) is 0 Å². The van der Waals surface area contributed by atoms with Crippen molar-refractivity contribution in [3.63, 3.8) is 0 Å². The Balaban J connectivity index is 1.72. The second-order valence-corrected chi connectivity index (χ2v) is 5.80. The molecule has 0 bridgehead atoms. The maximum atomic E-state index is 11.4. The number of methoxy groups -OCH3 is 1. The summed E-state index contributed by atoms with van der Waals surface area (Å²) in [5, 5.41) is 9.28. The average Bonchev–Trinajstić information content (AvgIpc) is 2.72. The molecule has 28 heavy (non-hydrogen) atoms. The highest BCUT2D eigenvalue weighted by Crippen LogP contribution is 2.27. The van der Waals surface area contributed by atoms with Crippen LogP contribution < -0.4 is 16.2 Å². The third-order valence-electron chi connectivity index (χ3n) is 3.97. The van der Waals surface area contributed by atoms with Gasteiger partial charge < -0.3 is 20.9 Å². The number of ether oxygens (including phenoxy) is 2. The molecule has 0 spiro atoms. The fourth-order valence-electron chi connectivity index (χ4n) is 2.55. The van der Waals surface area contributed by atoms with E-state index in [1.165, 1.54) is 7.11 Å². The molecule has 1 aromatic heterocycles. The second kappa shape index (κ2) is 8.05. The molecule has 3 rings (SSSR count). The molecule has 0 aliphatic rings. The molecule has 140 valence electrons. The molecule has 0 unspecified atom stereocenters. The summed E-state index contributed by atoms with van der Waals surface area (Å²) < 4.78 is 10.4. The molecule has 0 amide bonds. The molecule has 0 aliphatic carbocycles. The summed E-state index contributed by atoms with van der Waals surface area (Å²) in [4.78, 5) is 19.4. The van der Waals surface area contributed by atoms with E-state index in [4.69, 9.17) is 16.2 Å². The van der Waals surface area contributed by atoms with Gasteiger partial charge in [-0.2, -0.15) is 10.2 Å². The molecule has 0 atom stereocenters. The van der Waals surface area contributed by atoms with Crippen LogP contribution in [0.3, 0.4) is 0 Å². The number of carbonyl (C=O) groups is 1. The summed E-state index contributed by atoms with van der Waals surface area (Å²) in [5.74, 6) is 0.294. The SMILES string of the molecule is COC(=O)c1ccc(COc2ccc(-c3nc(N)nc(N)c3C#N)cc2)cc1. The van der Waals surface area contributed by atoms with E-state index >= 15 is 0 Å². The van der Waals surface area contributed by atoms with Crippen molar-refractivity contribution < 1.29 is 14.3 Å². The van der Waals surface area contributed by atoms with Crippen LogP contribution in [0.15, 0.2) is 48.5 Å². The lowest BCUT2D eigenvalue weighted by Crippen LogP contribution is -2.05. The molecule has 2 aromatic carbocycles. The minimum atomic E-state index is -0.384. The van der Waals surface area contributed by atoms with Gasteiger partial charge in [0.15, 0.2) is 0 Å². The Morgan fingerprint density at radius 1 is 1.07 bits per heavy atom. The Labute approximate surface area is 161 Å². The van der Waals surface area contributed by atoms with E-state index in [9.17, 15) is 10.1 Å². The Morgan fingerprint density at radius 3 is 2.36 bits per heavy atom. The van der Waals surface area contributed by atoms with E-state index in [1.807, 2.05) is 6.07 Å². The number of anilines is 2. The summed E-state index contributed by atoms with van der Waals surface area (Å²) in [6, 6.07) is 16.0. The van der Waals surface area contributed by atoms with Crippen LogP contribution in [-0.4, -0.2) is 23.0 Å². The Morgan fingerprint density at radius 2 is 1.75 bits per heavy atom. The Kier molecular flexibility index (Phi) is 5.37. The molecule has 1 heterocycles. The van der Waals surface area contributed by atoms with Gasteiger partial charge in [0.05, 0.1) is 18.4 Å². The van der Waals surface area contributed by atoms with Gasteiger partial charge in [-0.05, 0) is 42.0 Å². The molecule has 4 N–H and O–H groups in total. The number of benzene rings is 2. The first kappa shape index (κ1) is 18.7. The number of carbonyl (C=O) groups excluding carboxylic acids is 1. The first-order valence-electron chi connectivity index (χ1n) is 8.25.